The molecule has 1 aromatic carbocycles. The van der Waals surface area contributed by atoms with Crippen molar-refractivity contribution in [3.05, 3.63) is 35.9 Å². The lowest BCUT2D eigenvalue weighted by molar-refractivity contribution is -0.132. The minimum Gasteiger partial charge on any atom is -0.340 e. The largest absolute Gasteiger partial charge is 0.340 e. The van der Waals surface area contributed by atoms with Crippen molar-refractivity contribution in [2.24, 2.45) is 5.92 Å². The summed E-state index contributed by atoms with van der Waals surface area (Å²) in [6.45, 7) is 6.90. The third-order valence-electron chi connectivity index (χ3n) is 5.50. The molecule has 0 aromatic heterocycles. The lowest BCUT2D eigenvalue weighted by Crippen LogP contribution is -2.47. The van der Waals surface area contributed by atoms with E-state index in [9.17, 15) is 4.79 Å². The molecule has 2 aliphatic rings. The number of likely N-dealkylation sites (tertiary alicyclic amines) is 1. The molecule has 1 amide bonds. The molecule has 0 saturated carbocycles. The number of amides is 1. The standard InChI is InChI=1S/C20H31N3O/c24-20(23-16-11-21-12-17-23)10-15-22-13-8-19(9-14-22)7-6-18-4-2-1-3-5-18/h1-5,19,21H,6-17H2. The van der Waals surface area contributed by atoms with Gasteiger partial charge >= 0.3 is 0 Å². The maximum absolute atomic E-state index is 12.2. The molecule has 2 aliphatic heterocycles. The van der Waals surface area contributed by atoms with Gasteiger partial charge in [0.1, 0.15) is 0 Å². The van der Waals surface area contributed by atoms with Gasteiger partial charge < -0.3 is 15.1 Å². The van der Waals surface area contributed by atoms with E-state index in [1.807, 2.05) is 4.90 Å². The van der Waals surface area contributed by atoms with Gasteiger partial charge in [-0.25, -0.2) is 0 Å². The molecule has 0 spiro atoms. The van der Waals surface area contributed by atoms with E-state index in [1.165, 1.54) is 31.2 Å². The average Bonchev–Trinajstić information content (AvgIpc) is 2.67. The Morgan fingerprint density at radius 1 is 1.04 bits per heavy atom. The molecule has 0 bridgehead atoms. The maximum Gasteiger partial charge on any atom is 0.223 e. The Morgan fingerprint density at radius 2 is 1.75 bits per heavy atom. The van der Waals surface area contributed by atoms with Crippen LogP contribution in [-0.2, 0) is 11.2 Å². The topological polar surface area (TPSA) is 35.6 Å². The van der Waals surface area contributed by atoms with E-state index >= 15 is 0 Å². The summed E-state index contributed by atoms with van der Waals surface area (Å²) >= 11 is 0. The number of piperazine rings is 1. The lowest BCUT2D eigenvalue weighted by atomic mass is 9.90. The summed E-state index contributed by atoms with van der Waals surface area (Å²) in [5, 5.41) is 3.30. The van der Waals surface area contributed by atoms with Gasteiger partial charge in [0, 0.05) is 39.1 Å². The number of piperidine rings is 1. The summed E-state index contributed by atoms with van der Waals surface area (Å²) in [5.74, 6) is 1.19. The SMILES string of the molecule is O=C(CCN1CCC(CCc2ccccc2)CC1)N1CCNCC1. The molecule has 0 radical (unpaired) electrons. The third-order valence-corrected chi connectivity index (χ3v) is 5.50. The first kappa shape index (κ1) is 17.4. The van der Waals surface area contributed by atoms with Crippen molar-refractivity contribution < 1.29 is 4.79 Å². The van der Waals surface area contributed by atoms with Crippen molar-refractivity contribution in [2.75, 3.05) is 45.8 Å². The van der Waals surface area contributed by atoms with E-state index in [2.05, 4.69) is 40.5 Å². The monoisotopic (exact) mass is 329 g/mol. The van der Waals surface area contributed by atoms with E-state index in [-0.39, 0.29) is 0 Å². The number of carbonyl (C=O) groups excluding carboxylic acids is 1. The van der Waals surface area contributed by atoms with Crippen LogP contribution in [0.2, 0.25) is 0 Å². The minimum atomic E-state index is 0.336. The number of benzene rings is 1. The van der Waals surface area contributed by atoms with E-state index in [0.29, 0.717) is 12.3 Å². The zero-order valence-electron chi connectivity index (χ0n) is 14.8. The molecule has 0 aliphatic carbocycles. The van der Waals surface area contributed by atoms with Gasteiger partial charge in [-0.3, -0.25) is 4.79 Å². The normalized spacial score (nSPS) is 20.2. The Morgan fingerprint density at radius 3 is 2.46 bits per heavy atom. The maximum atomic E-state index is 12.2. The molecule has 4 heteroatoms. The highest BCUT2D eigenvalue weighted by atomic mass is 16.2. The molecule has 2 heterocycles. The van der Waals surface area contributed by atoms with Gasteiger partial charge in [-0.1, -0.05) is 30.3 Å². The van der Waals surface area contributed by atoms with Crippen LogP contribution in [0.15, 0.2) is 30.3 Å². The summed E-state index contributed by atoms with van der Waals surface area (Å²) in [6, 6.07) is 10.8. The van der Waals surface area contributed by atoms with Gasteiger partial charge in [0.25, 0.3) is 0 Å². The molecule has 2 fully saturated rings. The van der Waals surface area contributed by atoms with Crippen molar-refractivity contribution in [3.8, 4) is 0 Å². The molecule has 132 valence electrons. The van der Waals surface area contributed by atoms with Crippen LogP contribution in [0.1, 0.15) is 31.2 Å². The van der Waals surface area contributed by atoms with E-state index < -0.39 is 0 Å². The van der Waals surface area contributed by atoms with Crippen LogP contribution in [0, 0.1) is 5.92 Å². The molecule has 4 nitrogen and oxygen atoms in total. The van der Waals surface area contributed by atoms with E-state index in [0.717, 1.165) is 51.7 Å². The fourth-order valence-electron chi connectivity index (χ4n) is 3.84. The van der Waals surface area contributed by atoms with Crippen LogP contribution < -0.4 is 5.32 Å². The van der Waals surface area contributed by atoms with Crippen molar-refractivity contribution in [1.82, 2.24) is 15.1 Å². The zero-order chi connectivity index (χ0) is 16.6. The molecule has 1 N–H and O–H groups in total. The van der Waals surface area contributed by atoms with Crippen molar-refractivity contribution in [3.63, 3.8) is 0 Å². The second-order valence-electron chi connectivity index (χ2n) is 7.19. The lowest BCUT2D eigenvalue weighted by Gasteiger charge is -2.33. The number of nitrogens with one attached hydrogen (secondary N) is 1. The van der Waals surface area contributed by atoms with Crippen LogP contribution in [0.3, 0.4) is 0 Å². The van der Waals surface area contributed by atoms with Gasteiger partial charge in [0.2, 0.25) is 5.91 Å². The Kier molecular flexibility index (Phi) is 6.67. The summed E-state index contributed by atoms with van der Waals surface area (Å²) in [6.07, 6.45) is 5.77. The number of hydrogen-bond acceptors (Lipinski definition) is 3. The molecule has 0 unspecified atom stereocenters. The predicted octanol–water partition coefficient (Wildman–Crippen LogP) is 2.15. The van der Waals surface area contributed by atoms with Gasteiger partial charge in [-0.2, -0.15) is 0 Å². The van der Waals surface area contributed by atoms with Gasteiger partial charge in [0.15, 0.2) is 0 Å². The highest BCUT2D eigenvalue weighted by Gasteiger charge is 2.21. The Labute approximate surface area is 146 Å². The van der Waals surface area contributed by atoms with E-state index in [1.54, 1.807) is 0 Å². The minimum absolute atomic E-state index is 0.336. The summed E-state index contributed by atoms with van der Waals surface area (Å²) in [5.41, 5.74) is 1.46. The number of carbonyl (C=O) groups is 1. The Hall–Kier alpha value is -1.39. The van der Waals surface area contributed by atoms with Crippen molar-refractivity contribution in [1.29, 1.82) is 0 Å². The summed E-state index contributed by atoms with van der Waals surface area (Å²) in [4.78, 5) is 16.7. The molecular weight excluding hydrogens is 298 g/mol. The summed E-state index contributed by atoms with van der Waals surface area (Å²) < 4.78 is 0. The Bertz CT molecular complexity index is 491. The molecule has 2 saturated heterocycles. The van der Waals surface area contributed by atoms with Crippen LogP contribution in [0.25, 0.3) is 0 Å². The molecule has 1 aromatic rings. The van der Waals surface area contributed by atoms with Gasteiger partial charge in [-0.05, 0) is 50.3 Å². The molecule has 0 atom stereocenters. The van der Waals surface area contributed by atoms with Crippen molar-refractivity contribution >= 4 is 5.91 Å². The second kappa shape index (κ2) is 9.19. The highest BCUT2D eigenvalue weighted by Crippen LogP contribution is 2.22. The number of nitrogens with zero attached hydrogens (tertiary/aromatic N) is 2. The Balaban J connectivity index is 1.31. The van der Waals surface area contributed by atoms with Crippen LogP contribution >= 0.6 is 0 Å². The molecular formula is C20H31N3O. The van der Waals surface area contributed by atoms with Gasteiger partial charge in [0.05, 0.1) is 0 Å². The number of aryl methyl sites for hydroxylation is 1. The first-order chi connectivity index (χ1) is 11.8. The molecule has 24 heavy (non-hydrogen) atoms. The smallest absolute Gasteiger partial charge is 0.223 e. The number of rotatable bonds is 6. The summed E-state index contributed by atoms with van der Waals surface area (Å²) in [7, 11) is 0. The highest BCUT2D eigenvalue weighted by molar-refractivity contribution is 5.76. The predicted molar refractivity (Wildman–Crippen MR) is 98.0 cm³/mol. The average molecular weight is 329 g/mol. The van der Waals surface area contributed by atoms with Gasteiger partial charge in [-0.15, -0.1) is 0 Å². The van der Waals surface area contributed by atoms with Crippen LogP contribution in [0.4, 0.5) is 0 Å². The fourth-order valence-corrected chi connectivity index (χ4v) is 3.84. The fraction of sp³-hybridized carbons (Fsp3) is 0.650. The quantitative estimate of drug-likeness (QED) is 0.869. The van der Waals surface area contributed by atoms with Crippen molar-refractivity contribution in [2.45, 2.75) is 32.1 Å². The zero-order valence-corrected chi connectivity index (χ0v) is 14.8. The van der Waals surface area contributed by atoms with E-state index in [4.69, 9.17) is 0 Å². The molecule has 3 rings (SSSR count). The third kappa shape index (κ3) is 5.32. The first-order valence-electron chi connectivity index (χ1n) is 9.56. The number of hydrogen-bond donors (Lipinski definition) is 1. The second-order valence-corrected chi connectivity index (χ2v) is 7.19. The first-order valence-corrected chi connectivity index (χ1v) is 9.56. The van der Waals surface area contributed by atoms with Crippen LogP contribution in [-0.4, -0.2) is 61.5 Å². The van der Waals surface area contributed by atoms with Crippen LogP contribution in [0.5, 0.6) is 0 Å².